The van der Waals surface area contributed by atoms with Crippen molar-refractivity contribution in [3.8, 4) is 0 Å². The van der Waals surface area contributed by atoms with Crippen molar-refractivity contribution in [1.29, 1.82) is 0 Å². The lowest BCUT2D eigenvalue weighted by molar-refractivity contribution is -0.385. The van der Waals surface area contributed by atoms with E-state index in [0.717, 1.165) is 31.5 Å². The summed E-state index contributed by atoms with van der Waals surface area (Å²) in [5.41, 5.74) is 1.08. The van der Waals surface area contributed by atoms with Gasteiger partial charge in [-0.2, -0.15) is 0 Å². The summed E-state index contributed by atoms with van der Waals surface area (Å²) in [5.74, 6) is 0.903. The molecule has 25 heavy (non-hydrogen) atoms. The van der Waals surface area contributed by atoms with Gasteiger partial charge in [-0.25, -0.2) is 4.98 Å². The molecule has 0 amide bonds. The van der Waals surface area contributed by atoms with Gasteiger partial charge in [0.15, 0.2) is 0 Å². The number of benzene rings is 1. The summed E-state index contributed by atoms with van der Waals surface area (Å²) in [5, 5.41) is 21.5. The number of aryl methyl sites for hydroxylation is 1. The van der Waals surface area contributed by atoms with Crippen LogP contribution >= 0.6 is 0 Å². The number of aliphatic hydroxyl groups is 1. The number of hydrogen-bond acceptors (Lipinski definition) is 5. The zero-order valence-electron chi connectivity index (χ0n) is 14.6. The summed E-state index contributed by atoms with van der Waals surface area (Å²) in [6.07, 6.45) is 4.77. The molecule has 0 aliphatic carbocycles. The van der Waals surface area contributed by atoms with Crippen molar-refractivity contribution in [2.24, 2.45) is 13.0 Å². The van der Waals surface area contributed by atoms with Gasteiger partial charge in [0, 0.05) is 37.6 Å². The predicted molar refractivity (Wildman–Crippen MR) is 94.0 cm³/mol. The van der Waals surface area contributed by atoms with Gasteiger partial charge in [0.2, 0.25) is 0 Å². The van der Waals surface area contributed by atoms with E-state index in [-0.39, 0.29) is 22.6 Å². The van der Waals surface area contributed by atoms with Gasteiger partial charge in [0.25, 0.3) is 5.69 Å². The highest BCUT2D eigenvalue weighted by Gasteiger charge is 2.30. The Labute approximate surface area is 147 Å². The Morgan fingerprint density at radius 1 is 1.36 bits per heavy atom. The molecule has 1 fully saturated rings. The maximum Gasteiger partial charge on any atom is 0.269 e. The Hall–Kier alpha value is -2.25. The summed E-state index contributed by atoms with van der Waals surface area (Å²) in [7, 11) is 1.89. The first-order valence-corrected chi connectivity index (χ1v) is 8.61. The molecule has 0 saturated carbocycles. The number of nitro benzene ring substituents is 1. The number of aliphatic hydroxyl groups excluding tert-OH is 1. The van der Waals surface area contributed by atoms with Crippen molar-refractivity contribution in [3.63, 3.8) is 0 Å². The molecule has 3 rings (SSSR count). The first kappa shape index (κ1) is 17.6. The van der Waals surface area contributed by atoms with E-state index < -0.39 is 6.10 Å². The minimum Gasteiger partial charge on any atom is -0.385 e. The molecule has 7 heteroatoms. The highest BCUT2D eigenvalue weighted by atomic mass is 16.6. The lowest BCUT2D eigenvalue weighted by Gasteiger charge is -2.37. The maximum atomic E-state index is 11.0. The molecule has 1 aromatic carbocycles. The summed E-state index contributed by atoms with van der Waals surface area (Å²) in [6.45, 7) is 3.79. The zero-order chi connectivity index (χ0) is 18.0. The van der Waals surface area contributed by atoms with Crippen LogP contribution in [0.5, 0.6) is 0 Å². The Morgan fingerprint density at radius 2 is 2.08 bits per heavy atom. The van der Waals surface area contributed by atoms with Gasteiger partial charge in [-0.3, -0.25) is 15.0 Å². The third-order valence-corrected chi connectivity index (χ3v) is 5.25. The lowest BCUT2D eigenvalue weighted by Crippen LogP contribution is -2.37. The number of piperidine rings is 1. The Kier molecular flexibility index (Phi) is 5.15. The van der Waals surface area contributed by atoms with E-state index >= 15 is 0 Å². The molecule has 1 N–H and O–H groups in total. The van der Waals surface area contributed by atoms with E-state index in [1.54, 1.807) is 18.3 Å². The number of imidazole rings is 1. The topological polar surface area (TPSA) is 84.4 Å². The smallest absolute Gasteiger partial charge is 0.269 e. The second-order valence-electron chi connectivity index (χ2n) is 6.74. The van der Waals surface area contributed by atoms with Crippen LogP contribution in [0.2, 0.25) is 0 Å². The minimum absolute atomic E-state index is 0.117. The van der Waals surface area contributed by atoms with Crippen LogP contribution in [-0.4, -0.2) is 37.6 Å². The molecular weight excluding hydrogens is 320 g/mol. The van der Waals surface area contributed by atoms with Crippen LogP contribution in [0.1, 0.15) is 43.3 Å². The van der Waals surface area contributed by atoms with Crippen LogP contribution in [0.15, 0.2) is 36.7 Å². The van der Waals surface area contributed by atoms with Crippen LogP contribution in [0.25, 0.3) is 0 Å². The SMILES string of the molecule is CC(c1cccc([N+](=O)[O-])c1)N1CCC(C(O)c2nccn2C)CC1. The highest BCUT2D eigenvalue weighted by molar-refractivity contribution is 5.35. The standard InChI is InChI=1S/C18H24N4O3/c1-13(15-4-3-5-16(12-15)22(24)25)21-9-6-14(7-10-21)17(23)18-19-8-11-20(18)2/h3-5,8,11-14,17,23H,6-7,9-10H2,1-2H3. The molecule has 2 unspecified atom stereocenters. The molecule has 0 spiro atoms. The van der Waals surface area contributed by atoms with Crippen molar-refractivity contribution in [2.45, 2.75) is 31.9 Å². The van der Waals surface area contributed by atoms with Gasteiger partial charge in [0.1, 0.15) is 11.9 Å². The number of non-ortho nitro benzene ring substituents is 1. The Bertz CT molecular complexity index is 737. The zero-order valence-corrected chi connectivity index (χ0v) is 14.6. The van der Waals surface area contributed by atoms with Gasteiger partial charge in [0.05, 0.1) is 4.92 Å². The predicted octanol–water partition coefficient (Wildman–Crippen LogP) is 2.83. The van der Waals surface area contributed by atoms with Crippen molar-refractivity contribution < 1.29 is 10.0 Å². The van der Waals surface area contributed by atoms with Crippen molar-refractivity contribution in [1.82, 2.24) is 14.5 Å². The molecule has 134 valence electrons. The average molecular weight is 344 g/mol. The van der Waals surface area contributed by atoms with E-state index in [9.17, 15) is 15.2 Å². The number of hydrogen-bond donors (Lipinski definition) is 1. The Morgan fingerprint density at radius 3 is 2.68 bits per heavy atom. The largest absolute Gasteiger partial charge is 0.385 e. The molecule has 1 aliphatic heterocycles. The number of nitro groups is 1. The van der Waals surface area contributed by atoms with Crippen LogP contribution < -0.4 is 0 Å². The van der Waals surface area contributed by atoms with Gasteiger partial charge in [-0.05, 0) is 44.3 Å². The normalized spacial score (nSPS) is 18.8. The van der Waals surface area contributed by atoms with E-state index in [1.807, 2.05) is 23.9 Å². The van der Waals surface area contributed by atoms with E-state index in [1.165, 1.54) is 6.07 Å². The quantitative estimate of drug-likeness (QED) is 0.666. The second-order valence-corrected chi connectivity index (χ2v) is 6.74. The number of rotatable bonds is 5. The van der Waals surface area contributed by atoms with Crippen molar-refractivity contribution >= 4 is 5.69 Å². The highest BCUT2D eigenvalue weighted by Crippen LogP contribution is 2.33. The van der Waals surface area contributed by atoms with Crippen LogP contribution in [-0.2, 0) is 7.05 Å². The molecular formula is C18H24N4O3. The molecule has 7 nitrogen and oxygen atoms in total. The number of aromatic nitrogens is 2. The summed E-state index contributed by atoms with van der Waals surface area (Å²) < 4.78 is 1.86. The molecule has 1 aromatic heterocycles. The fraction of sp³-hybridized carbons (Fsp3) is 0.500. The molecule has 0 bridgehead atoms. The van der Waals surface area contributed by atoms with Gasteiger partial charge < -0.3 is 9.67 Å². The first-order valence-electron chi connectivity index (χ1n) is 8.61. The minimum atomic E-state index is -0.546. The lowest BCUT2D eigenvalue weighted by atomic mass is 9.89. The molecule has 1 aliphatic rings. The third kappa shape index (κ3) is 3.72. The fourth-order valence-corrected chi connectivity index (χ4v) is 3.60. The van der Waals surface area contributed by atoms with E-state index in [4.69, 9.17) is 0 Å². The van der Waals surface area contributed by atoms with Crippen molar-refractivity contribution in [2.75, 3.05) is 13.1 Å². The second kappa shape index (κ2) is 7.33. The molecule has 2 aromatic rings. The molecule has 2 atom stereocenters. The summed E-state index contributed by atoms with van der Waals surface area (Å²) in [4.78, 5) is 17.2. The van der Waals surface area contributed by atoms with E-state index in [2.05, 4.69) is 16.8 Å². The van der Waals surface area contributed by atoms with Gasteiger partial charge in [-0.1, -0.05) is 12.1 Å². The summed E-state index contributed by atoms with van der Waals surface area (Å²) in [6, 6.07) is 6.96. The van der Waals surface area contributed by atoms with E-state index in [0.29, 0.717) is 5.82 Å². The third-order valence-electron chi connectivity index (χ3n) is 5.25. The number of nitrogens with zero attached hydrogens (tertiary/aromatic N) is 4. The van der Waals surface area contributed by atoms with Crippen LogP contribution in [0.4, 0.5) is 5.69 Å². The van der Waals surface area contributed by atoms with Gasteiger partial charge >= 0.3 is 0 Å². The molecule has 1 saturated heterocycles. The Balaban J connectivity index is 1.63. The molecule has 0 radical (unpaired) electrons. The average Bonchev–Trinajstić information content (AvgIpc) is 3.06. The molecule has 2 heterocycles. The van der Waals surface area contributed by atoms with Crippen LogP contribution in [0.3, 0.4) is 0 Å². The maximum absolute atomic E-state index is 11.0. The first-order chi connectivity index (χ1) is 12.0. The summed E-state index contributed by atoms with van der Waals surface area (Å²) >= 11 is 0. The number of likely N-dealkylation sites (tertiary alicyclic amines) is 1. The fourth-order valence-electron chi connectivity index (χ4n) is 3.60. The monoisotopic (exact) mass is 344 g/mol. The van der Waals surface area contributed by atoms with Crippen LogP contribution in [0, 0.1) is 16.0 Å². The van der Waals surface area contributed by atoms with Crippen molar-refractivity contribution in [3.05, 3.63) is 58.2 Å². The van der Waals surface area contributed by atoms with Gasteiger partial charge in [-0.15, -0.1) is 0 Å².